The first kappa shape index (κ1) is 12.0. The summed E-state index contributed by atoms with van der Waals surface area (Å²) in [4.78, 5) is 0.355. The van der Waals surface area contributed by atoms with E-state index in [0.29, 0.717) is 4.83 Å². The molecule has 70 valence electrons. The van der Waals surface area contributed by atoms with Crippen molar-refractivity contribution in [1.29, 1.82) is 0 Å². The van der Waals surface area contributed by atoms with Crippen molar-refractivity contribution in [3.05, 3.63) is 0 Å². The number of rotatable bonds is 5. The fourth-order valence-electron chi connectivity index (χ4n) is 1.03. The van der Waals surface area contributed by atoms with Gasteiger partial charge in [0.2, 0.25) is 0 Å². The molecule has 0 heterocycles. The third-order valence-corrected chi connectivity index (χ3v) is 1.94. The molecule has 0 fully saturated rings. The Bertz CT molecular complexity index is 139. The molecule has 0 rings (SSSR count). The van der Waals surface area contributed by atoms with E-state index < -0.39 is 0 Å². The number of alkyl halides is 1. The smallest absolute Gasteiger partial charge is 0.0726 e. The second kappa shape index (κ2) is 9.13. The van der Waals surface area contributed by atoms with E-state index in [1.54, 1.807) is 0 Å². The van der Waals surface area contributed by atoms with E-state index in [1.807, 2.05) is 0 Å². The summed E-state index contributed by atoms with van der Waals surface area (Å²) in [5.74, 6) is 6.27. The van der Waals surface area contributed by atoms with Gasteiger partial charge in [-0.05, 0) is 13.3 Å². The van der Waals surface area contributed by atoms with Gasteiger partial charge in [0, 0.05) is 6.42 Å². The SMILES string of the molecule is CCCCCCCC#CC(C)Br. The predicted molar refractivity (Wildman–Crippen MR) is 59.5 cm³/mol. The minimum Gasteiger partial charge on any atom is -0.102 e. The Kier molecular flexibility index (Phi) is 9.16. The van der Waals surface area contributed by atoms with Crippen molar-refractivity contribution in [3.8, 4) is 11.8 Å². The molecule has 0 saturated heterocycles. The molecule has 0 aliphatic heterocycles. The molecule has 0 aromatic rings. The van der Waals surface area contributed by atoms with E-state index in [0.717, 1.165) is 6.42 Å². The van der Waals surface area contributed by atoms with E-state index in [4.69, 9.17) is 0 Å². The Hall–Kier alpha value is 0.0400. The zero-order valence-corrected chi connectivity index (χ0v) is 9.78. The first-order valence-electron chi connectivity index (χ1n) is 4.89. The minimum atomic E-state index is 0.355. The van der Waals surface area contributed by atoms with Crippen LogP contribution in [0.1, 0.15) is 52.4 Å². The summed E-state index contributed by atoms with van der Waals surface area (Å²) in [5.41, 5.74) is 0. The summed E-state index contributed by atoms with van der Waals surface area (Å²) in [7, 11) is 0. The maximum atomic E-state index is 3.39. The molecule has 0 N–H and O–H groups in total. The van der Waals surface area contributed by atoms with Crippen molar-refractivity contribution >= 4 is 15.9 Å². The zero-order chi connectivity index (χ0) is 9.23. The van der Waals surface area contributed by atoms with Crippen molar-refractivity contribution in [1.82, 2.24) is 0 Å². The lowest BCUT2D eigenvalue weighted by Gasteiger charge is -1.94. The van der Waals surface area contributed by atoms with Crippen LogP contribution < -0.4 is 0 Å². The highest BCUT2D eigenvalue weighted by atomic mass is 79.9. The fraction of sp³-hybridized carbons (Fsp3) is 0.818. The normalized spacial score (nSPS) is 11.9. The topological polar surface area (TPSA) is 0 Å². The van der Waals surface area contributed by atoms with Crippen LogP contribution in [0.3, 0.4) is 0 Å². The van der Waals surface area contributed by atoms with Crippen LogP contribution in [0.4, 0.5) is 0 Å². The van der Waals surface area contributed by atoms with E-state index in [9.17, 15) is 0 Å². The van der Waals surface area contributed by atoms with Gasteiger partial charge in [-0.15, -0.1) is 5.92 Å². The molecule has 0 aromatic heterocycles. The first-order chi connectivity index (χ1) is 5.77. The number of halogens is 1. The highest BCUT2D eigenvalue weighted by molar-refractivity contribution is 9.09. The molecule has 0 spiro atoms. The Morgan fingerprint density at radius 1 is 1.17 bits per heavy atom. The number of hydrogen-bond acceptors (Lipinski definition) is 0. The second-order valence-corrected chi connectivity index (χ2v) is 4.47. The highest BCUT2D eigenvalue weighted by Crippen LogP contribution is 2.04. The zero-order valence-electron chi connectivity index (χ0n) is 8.20. The summed E-state index contributed by atoms with van der Waals surface area (Å²) in [6, 6.07) is 0. The molecule has 1 unspecified atom stereocenters. The van der Waals surface area contributed by atoms with Gasteiger partial charge in [0.25, 0.3) is 0 Å². The monoisotopic (exact) mass is 230 g/mol. The minimum absolute atomic E-state index is 0.355. The number of unbranched alkanes of at least 4 members (excludes halogenated alkanes) is 5. The van der Waals surface area contributed by atoms with Gasteiger partial charge < -0.3 is 0 Å². The molecule has 0 aliphatic carbocycles. The Balaban J connectivity index is 3.07. The molecule has 1 heteroatoms. The van der Waals surface area contributed by atoms with Crippen LogP contribution >= 0.6 is 15.9 Å². The molecule has 0 bridgehead atoms. The van der Waals surface area contributed by atoms with Crippen LogP contribution in [0, 0.1) is 11.8 Å². The van der Waals surface area contributed by atoms with Crippen molar-refractivity contribution in [2.45, 2.75) is 57.2 Å². The Morgan fingerprint density at radius 3 is 2.42 bits per heavy atom. The molecular weight excluding hydrogens is 212 g/mol. The lowest BCUT2D eigenvalue weighted by Crippen LogP contribution is -1.81. The molecule has 0 radical (unpaired) electrons. The summed E-state index contributed by atoms with van der Waals surface area (Å²) in [6.07, 6.45) is 7.76. The van der Waals surface area contributed by atoms with Crippen molar-refractivity contribution < 1.29 is 0 Å². The lowest BCUT2D eigenvalue weighted by atomic mass is 10.1. The standard InChI is InChI=1S/C11H19Br/c1-3-4-5-6-7-8-9-10-11(2)12/h11H,3-8H2,1-2H3. The maximum absolute atomic E-state index is 3.39. The largest absolute Gasteiger partial charge is 0.102 e. The van der Waals surface area contributed by atoms with Gasteiger partial charge >= 0.3 is 0 Å². The van der Waals surface area contributed by atoms with Gasteiger partial charge in [-0.25, -0.2) is 0 Å². The molecule has 0 aliphatic rings. The van der Waals surface area contributed by atoms with Crippen molar-refractivity contribution in [2.75, 3.05) is 0 Å². The van der Waals surface area contributed by atoms with Gasteiger partial charge in [-0.1, -0.05) is 54.5 Å². The molecular formula is C11H19Br. The quantitative estimate of drug-likeness (QED) is 0.379. The average molecular weight is 231 g/mol. The summed E-state index contributed by atoms with van der Waals surface area (Å²) in [6.45, 7) is 4.30. The lowest BCUT2D eigenvalue weighted by molar-refractivity contribution is 0.641. The maximum Gasteiger partial charge on any atom is 0.0726 e. The molecule has 0 amide bonds. The van der Waals surface area contributed by atoms with Crippen LogP contribution in [-0.2, 0) is 0 Å². The predicted octanol–water partition coefficient (Wildman–Crippen LogP) is 4.13. The molecule has 0 aromatic carbocycles. The fourth-order valence-corrected chi connectivity index (χ4v) is 1.19. The Labute approximate surface area is 85.3 Å². The van der Waals surface area contributed by atoms with Crippen LogP contribution in [0.25, 0.3) is 0 Å². The van der Waals surface area contributed by atoms with Crippen molar-refractivity contribution in [3.63, 3.8) is 0 Å². The van der Waals surface area contributed by atoms with Gasteiger partial charge in [0.1, 0.15) is 0 Å². The van der Waals surface area contributed by atoms with E-state index in [1.165, 1.54) is 32.1 Å². The van der Waals surface area contributed by atoms with Crippen LogP contribution in [0.5, 0.6) is 0 Å². The van der Waals surface area contributed by atoms with E-state index in [2.05, 4.69) is 41.6 Å². The third-order valence-electron chi connectivity index (χ3n) is 1.71. The van der Waals surface area contributed by atoms with E-state index >= 15 is 0 Å². The van der Waals surface area contributed by atoms with Gasteiger partial charge in [0.15, 0.2) is 0 Å². The van der Waals surface area contributed by atoms with Gasteiger partial charge in [-0.3, -0.25) is 0 Å². The Morgan fingerprint density at radius 2 is 1.83 bits per heavy atom. The first-order valence-corrected chi connectivity index (χ1v) is 5.81. The third kappa shape index (κ3) is 10.0. The molecule has 0 saturated carbocycles. The summed E-state index contributed by atoms with van der Waals surface area (Å²) in [5, 5.41) is 0. The van der Waals surface area contributed by atoms with Crippen molar-refractivity contribution in [2.24, 2.45) is 0 Å². The second-order valence-electron chi connectivity index (χ2n) is 3.10. The molecule has 0 nitrogen and oxygen atoms in total. The van der Waals surface area contributed by atoms with Crippen LogP contribution in [-0.4, -0.2) is 4.83 Å². The molecule has 1 atom stereocenters. The number of hydrogen-bond donors (Lipinski definition) is 0. The average Bonchev–Trinajstić information content (AvgIpc) is 2.02. The van der Waals surface area contributed by atoms with Crippen LogP contribution in [0.15, 0.2) is 0 Å². The summed E-state index contributed by atoms with van der Waals surface area (Å²) >= 11 is 3.39. The molecule has 12 heavy (non-hydrogen) atoms. The highest BCUT2D eigenvalue weighted by Gasteiger charge is 1.87. The van der Waals surface area contributed by atoms with Gasteiger partial charge in [0.05, 0.1) is 4.83 Å². The van der Waals surface area contributed by atoms with E-state index in [-0.39, 0.29) is 0 Å². The van der Waals surface area contributed by atoms with Gasteiger partial charge in [-0.2, -0.15) is 0 Å². The summed E-state index contributed by atoms with van der Waals surface area (Å²) < 4.78 is 0. The van der Waals surface area contributed by atoms with Crippen LogP contribution in [0.2, 0.25) is 0 Å².